The maximum Gasteiger partial charge on any atom is 0.150 e. The summed E-state index contributed by atoms with van der Waals surface area (Å²) in [6.07, 6.45) is 7.28. The highest BCUT2D eigenvalue weighted by Crippen LogP contribution is 2.17. The lowest BCUT2D eigenvalue weighted by atomic mass is 10.2. The molecule has 0 saturated heterocycles. The fourth-order valence-corrected chi connectivity index (χ4v) is 1.75. The normalized spacial score (nSPS) is 14.1. The van der Waals surface area contributed by atoms with Crippen molar-refractivity contribution in [3.05, 3.63) is 65.0 Å². The van der Waals surface area contributed by atoms with E-state index in [-0.39, 0.29) is 0 Å². The number of rotatable bonds is 2. The summed E-state index contributed by atoms with van der Waals surface area (Å²) in [4.78, 5) is 12.5. The minimum absolute atomic E-state index is 0.530. The first-order chi connectivity index (χ1) is 7.79. The number of carbonyl (C=O) groups excluding carboxylic acids is 1. The maximum atomic E-state index is 10.7. The molecule has 1 heterocycles. The van der Waals surface area contributed by atoms with Crippen LogP contribution >= 0.6 is 11.6 Å². The summed E-state index contributed by atoms with van der Waals surface area (Å²) >= 11 is 5.90. The lowest BCUT2D eigenvalue weighted by Gasteiger charge is -2.20. The van der Waals surface area contributed by atoms with Gasteiger partial charge in [-0.15, -0.1) is 0 Å². The van der Waals surface area contributed by atoms with E-state index in [1.807, 2.05) is 53.5 Å². The average molecular weight is 232 g/mol. The zero-order valence-corrected chi connectivity index (χ0v) is 9.32. The summed E-state index contributed by atoms with van der Waals surface area (Å²) in [7, 11) is 0. The lowest BCUT2D eigenvalue weighted by molar-refractivity contribution is 0.467. The van der Waals surface area contributed by atoms with Gasteiger partial charge in [0.25, 0.3) is 0 Å². The zero-order valence-electron chi connectivity index (χ0n) is 8.56. The van der Waals surface area contributed by atoms with Crippen molar-refractivity contribution in [2.45, 2.75) is 6.54 Å². The van der Waals surface area contributed by atoms with Gasteiger partial charge in [0.15, 0.2) is 5.94 Å². The summed E-state index contributed by atoms with van der Waals surface area (Å²) in [5, 5.41) is 0.700. The summed E-state index contributed by atoms with van der Waals surface area (Å²) in [5.74, 6) is 1.91. The molecule has 0 fully saturated rings. The Morgan fingerprint density at radius 3 is 2.94 bits per heavy atom. The van der Waals surface area contributed by atoms with Gasteiger partial charge in [0, 0.05) is 17.8 Å². The van der Waals surface area contributed by atoms with Crippen LogP contribution in [-0.4, -0.2) is 10.8 Å². The van der Waals surface area contributed by atoms with Crippen molar-refractivity contribution in [1.82, 2.24) is 4.90 Å². The van der Waals surface area contributed by atoms with Crippen LogP contribution in [0.25, 0.3) is 0 Å². The lowest BCUT2D eigenvalue weighted by Crippen LogP contribution is -2.17. The minimum Gasteiger partial charge on any atom is -0.335 e. The molecule has 0 unspecified atom stereocenters. The van der Waals surface area contributed by atoms with Crippen LogP contribution in [0.1, 0.15) is 5.56 Å². The van der Waals surface area contributed by atoms with Gasteiger partial charge in [-0.2, -0.15) is 0 Å². The van der Waals surface area contributed by atoms with Gasteiger partial charge in [-0.05, 0) is 29.8 Å². The van der Waals surface area contributed by atoms with Crippen molar-refractivity contribution in [2.24, 2.45) is 0 Å². The molecule has 0 radical (unpaired) electrons. The molecular weight excluding hydrogens is 222 g/mol. The Balaban J connectivity index is 2.19. The summed E-state index contributed by atoms with van der Waals surface area (Å²) in [6.45, 7) is 0.617. The molecule has 16 heavy (non-hydrogen) atoms. The Hall–Kier alpha value is -1.76. The van der Waals surface area contributed by atoms with Gasteiger partial charge in [0.05, 0.1) is 0 Å². The van der Waals surface area contributed by atoms with E-state index in [0.717, 1.165) is 5.56 Å². The van der Waals surface area contributed by atoms with Crippen LogP contribution in [0, 0.1) is 0 Å². The molecule has 0 saturated carbocycles. The summed E-state index contributed by atoms with van der Waals surface area (Å²) < 4.78 is 0. The van der Waals surface area contributed by atoms with Gasteiger partial charge in [0.1, 0.15) is 5.70 Å². The van der Waals surface area contributed by atoms with Crippen LogP contribution in [0.2, 0.25) is 5.02 Å². The van der Waals surface area contributed by atoms with E-state index in [1.54, 1.807) is 6.08 Å². The first-order valence-electron chi connectivity index (χ1n) is 4.90. The maximum absolute atomic E-state index is 10.7. The highest BCUT2D eigenvalue weighted by atomic mass is 35.5. The first kappa shape index (κ1) is 10.7. The molecule has 0 spiro atoms. The van der Waals surface area contributed by atoms with Crippen LogP contribution < -0.4 is 0 Å². The molecule has 1 aromatic carbocycles. The molecule has 2 rings (SSSR count). The predicted octanol–water partition coefficient (Wildman–Crippen LogP) is 2.94. The molecule has 0 aliphatic carbocycles. The zero-order chi connectivity index (χ0) is 11.4. The van der Waals surface area contributed by atoms with Crippen LogP contribution in [-0.2, 0) is 11.3 Å². The molecule has 1 aliphatic heterocycles. The third-order valence-electron chi connectivity index (χ3n) is 2.29. The highest BCUT2D eigenvalue weighted by molar-refractivity contribution is 6.30. The quantitative estimate of drug-likeness (QED) is 0.730. The van der Waals surface area contributed by atoms with Crippen LogP contribution in [0.5, 0.6) is 0 Å². The summed E-state index contributed by atoms with van der Waals surface area (Å²) in [5.41, 5.74) is 1.59. The van der Waals surface area contributed by atoms with Gasteiger partial charge in [-0.25, -0.2) is 4.79 Å². The van der Waals surface area contributed by atoms with Gasteiger partial charge >= 0.3 is 0 Å². The van der Waals surface area contributed by atoms with Crippen molar-refractivity contribution in [3.63, 3.8) is 0 Å². The van der Waals surface area contributed by atoms with Gasteiger partial charge in [-0.1, -0.05) is 29.8 Å². The minimum atomic E-state index is 0.530. The van der Waals surface area contributed by atoms with Crippen molar-refractivity contribution in [3.8, 4) is 0 Å². The number of halogens is 1. The average Bonchev–Trinajstić information content (AvgIpc) is 2.30. The fourth-order valence-electron chi connectivity index (χ4n) is 1.54. The summed E-state index contributed by atoms with van der Waals surface area (Å²) in [6, 6.07) is 7.58. The third kappa shape index (κ3) is 2.43. The van der Waals surface area contributed by atoms with Gasteiger partial charge in [0.2, 0.25) is 0 Å². The van der Waals surface area contributed by atoms with E-state index < -0.39 is 0 Å². The number of nitrogens with zero attached hydrogens (tertiary/aromatic N) is 1. The molecule has 80 valence electrons. The standard InChI is InChI=1S/C13H10ClNO/c14-12-5-3-4-11(8-12)9-15-7-2-1-6-13(15)10-16/h1-8H,9H2. The Morgan fingerprint density at radius 1 is 1.31 bits per heavy atom. The topological polar surface area (TPSA) is 20.3 Å². The number of hydrogen-bond donors (Lipinski definition) is 0. The number of benzene rings is 1. The molecule has 0 amide bonds. The second kappa shape index (κ2) is 4.84. The van der Waals surface area contributed by atoms with Crippen LogP contribution in [0.3, 0.4) is 0 Å². The second-order valence-corrected chi connectivity index (χ2v) is 3.88. The fraction of sp³-hybridized carbons (Fsp3) is 0.0769. The molecule has 2 nitrogen and oxygen atoms in total. The highest BCUT2D eigenvalue weighted by Gasteiger charge is 2.08. The molecule has 1 aliphatic rings. The molecule has 3 heteroatoms. The molecule has 1 aromatic rings. The van der Waals surface area contributed by atoms with E-state index >= 15 is 0 Å². The van der Waals surface area contributed by atoms with Crippen molar-refractivity contribution in [1.29, 1.82) is 0 Å². The van der Waals surface area contributed by atoms with Gasteiger partial charge < -0.3 is 4.90 Å². The molecular formula is C13H10ClNO. The van der Waals surface area contributed by atoms with E-state index in [1.165, 1.54) is 0 Å². The smallest absolute Gasteiger partial charge is 0.150 e. The van der Waals surface area contributed by atoms with Crippen molar-refractivity contribution < 1.29 is 4.79 Å². The second-order valence-electron chi connectivity index (χ2n) is 3.45. The van der Waals surface area contributed by atoms with Crippen LogP contribution in [0.4, 0.5) is 0 Å². The monoisotopic (exact) mass is 231 g/mol. The largest absolute Gasteiger partial charge is 0.335 e. The Kier molecular flexibility index (Phi) is 3.25. The predicted molar refractivity (Wildman–Crippen MR) is 64.5 cm³/mol. The first-order valence-corrected chi connectivity index (χ1v) is 5.28. The molecule has 0 atom stereocenters. The SMILES string of the molecule is O=C=C1C=CC=CN1Cc1cccc(Cl)c1. The van der Waals surface area contributed by atoms with Crippen molar-refractivity contribution >= 4 is 17.5 Å². The third-order valence-corrected chi connectivity index (χ3v) is 2.52. The molecule has 0 bridgehead atoms. The number of allylic oxidation sites excluding steroid dienone is 3. The molecule has 0 N–H and O–H groups in total. The Bertz CT molecular complexity index is 498. The van der Waals surface area contributed by atoms with E-state index in [0.29, 0.717) is 17.3 Å². The van der Waals surface area contributed by atoms with Gasteiger partial charge in [-0.3, -0.25) is 0 Å². The van der Waals surface area contributed by atoms with E-state index in [4.69, 9.17) is 11.6 Å². The van der Waals surface area contributed by atoms with Crippen molar-refractivity contribution in [2.75, 3.05) is 0 Å². The van der Waals surface area contributed by atoms with E-state index in [9.17, 15) is 4.79 Å². The Labute approximate surface area is 99.1 Å². The Morgan fingerprint density at radius 2 is 2.19 bits per heavy atom. The molecule has 0 aromatic heterocycles. The number of hydrogen-bond acceptors (Lipinski definition) is 2. The van der Waals surface area contributed by atoms with E-state index in [2.05, 4.69) is 0 Å². The van der Waals surface area contributed by atoms with Crippen LogP contribution in [0.15, 0.2) is 54.4 Å².